The Morgan fingerprint density at radius 2 is 1.48 bits per heavy atom. The van der Waals surface area contributed by atoms with E-state index >= 15 is 0 Å². The van der Waals surface area contributed by atoms with Gasteiger partial charge in [-0.2, -0.15) is 0 Å². The second-order valence-corrected chi connectivity index (χ2v) is 17.4. The Kier molecular flexibility index (Phi) is 13.6. The first-order valence-corrected chi connectivity index (χ1v) is 21.3. The van der Waals surface area contributed by atoms with Gasteiger partial charge in [0.25, 0.3) is 0 Å². The fourth-order valence-electron chi connectivity index (χ4n) is 8.10. The molecule has 1 saturated heterocycles. The van der Waals surface area contributed by atoms with Crippen LogP contribution in [0, 0.1) is 17.3 Å². The number of carbonyl (C=O) groups excluding carboxylic acids is 5. The normalized spacial score (nSPS) is 23.7. The number of nitrogens with one attached hydrogen (secondary N) is 3. The molecule has 6 atom stereocenters. The van der Waals surface area contributed by atoms with Gasteiger partial charge >= 0.3 is 18.0 Å². The summed E-state index contributed by atoms with van der Waals surface area (Å²) in [5.41, 5.74) is 5.49. The standard InChI is InChI=1S/C50H55N3O9/c1-30(2)26-42-47(56)60-41(31(3)44-45(62-44)33-14-7-6-8-15-33)20-13-21-43(54)53-40(46(55)51-29-50(4,5)48(57)61-42)27-32-22-24-34(25-23-32)52-49(58)59-28-39-37-18-11-9-16-35(37)36-17-10-12-19-38(36)39/h6-19,21-25,30-31,39-42,44-45H,20,26-29H2,1-5H3,(H,51,55)(H,52,58)(H,53,54)/b21-13+/t31-,40+,41-,42-,44+,45-/m0/s1. The van der Waals surface area contributed by atoms with Crippen molar-refractivity contribution in [1.29, 1.82) is 0 Å². The number of rotatable bonds is 10. The highest BCUT2D eigenvalue weighted by molar-refractivity contribution is 5.93. The molecule has 1 aliphatic carbocycles. The van der Waals surface area contributed by atoms with Gasteiger partial charge < -0.3 is 29.6 Å². The van der Waals surface area contributed by atoms with Crippen molar-refractivity contribution in [2.45, 2.75) is 90.3 Å². The van der Waals surface area contributed by atoms with E-state index in [1.165, 1.54) is 6.08 Å². The van der Waals surface area contributed by atoms with E-state index in [0.717, 1.165) is 27.8 Å². The number of cyclic esters (lactones) is 2. The third kappa shape index (κ3) is 10.6. The lowest BCUT2D eigenvalue weighted by Gasteiger charge is -2.29. The molecule has 0 saturated carbocycles. The van der Waals surface area contributed by atoms with Crippen molar-refractivity contribution >= 4 is 35.5 Å². The number of hydrogen-bond donors (Lipinski definition) is 3. The number of hydrogen-bond acceptors (Lipinski definition) is 9. The molecule has 3 N–H and O–H groups in total. The maximum atomic E-state index is 13.8. The number of epoxide rings is 1. The zero-order chi connectivity index (χ0) is 44.0. The molecule has 324 valence electrons. The first-order chi connectivity index (χ1) is 29.8. The topological polar surface area (TPSA) is 162 Å². The summed E-state index contributed by atoms with van der Waals surface area (Å²) in [7, 11) is 0. The van der Waals surface area contributed by atoms with Crippen molar-refractivity contribution in [3.8, 4) is 11.1 Å². The van der Waals surface area contributed by atoms with Gasteiger partial charge in [-0.1, -0.05) is 118 Å². The number of ether oxygens (including phenoxy) is 4. The number of anilines is 1. The van der Waals surface area contributed by atoms with E-state index in [1.807, 2.05) is 75.4 Å². The highest BCUT2D eigenvalue weighted by Gasteiger charge is 2.48. The van der Waals surface area contributed by atoms with Gasteiger partial charge in [-0.15, -0.1) is 0 Å². The Labute approximate surface area is 362 Å². The SMILES string of the molecule is CC(C)C[C@@H]1OC(=O)C(C)(C)CNC(=O)[C@@H](Cc2ccc(NC(=O)OCC3c4ccccc4-c4ccccc43)cc2)NC(=O)/C=C/C[C@@H]([C@H](C)[C@H]2O[C@H]2c2ccccc2)OC1=O. The molecular weight excluding hydrogens is 787 g/mol. The second-order valence-electron chi connectivity index (χ2n) is 17.4. The van der Waals surface area contributed by atoms with Crippen LogP contribution in [0.5, 0.6) is 0 Å². The van der Waals surface area contributed by atoms with Crippen molar-refractivity contribution in [2.75, 3.05) is 18.5 Å². The number of amides is 3. The Bertz CT molecular complexity index is 2240. The number of fused-ring (bicyclic) bond motifs is 3. The highest BCUT2D eigenvalue weighted by atomic mass is 16.6. The van der Waals surface area contributed by atoms with Gasteiger partial charge in [0.2, 0.25) is 11.8 Å². The molecule has 0 spiro atoms. The van der Waals surface area contributed by atoms with Crippen LogP contribution in [0.25, 0.3) is 11.1 Å². The van der Waals surface area contributed by atoms with E-state index in [4.69, 9.17) is 18.9 Å². The quantitative estimate of drug-likeness (QED) is 0.0822. The van der Waals surface area contributed by atoms with Gasteiger partial charge in [-0.3, -0.25) is 19.7 Å². The van der Waals surface area contributed by atoms with Crippen LogP contribution in [-0.4, -0.2) is 67.4 Å². The van der Waals surface area contributed by atoms with Crippen LogP contribution in [0.4, 0.5) is 10.5 Å². The van der Waals surface area contributed by atoms with Crippen LogP contribution in [0.2, 0.25) is 0 Å². The number of esters is 2. The molecule has 12 nitrogen and oxygen atoms in total. The summed E-state index contributed by atoms with van der Waals surface area (Å²) in [5.74, 6) is -2.74. The summed E-state index contributed by atoms with van der Waals surface area (Å²) in [6, 6.07) is 31.9. The maximum Gasteiger partial charge on any atom is 0.411 e. The van der Waals surface area contributed by atoms with Gasteiger partial charge in [-0.05, 0) is 77.8 Å². The zero-order valence-electron chi connectivity index (χ0n) is 35.8. The van der Waals surface area contributed by atoms with Gasteiger partial charge in [0.1, 0.15) is 24.9 Å². The molecule has 7 rings (SSSR count). The molecular formula is C50H55N3O9. The van der Waals surface area contributed by atoms with Crippen molar-refractivity contribution in [3.63, 3.8) is 0 Å². The summed E-state index contributed by atoms with van der Waals surface area (Å²) in [4.78, 5) is 67.5. The molecule has 0 bridgehead atoms. The van der Waals surface area contributed by atoms with Crippen LogP contribution in [-0.2, 0) is 44.5 Å². The largest absolute Gasteiger partial charge is 0.459 e. The van der Waals surface area contributed by atoms with Gasteiger partial charge in [0, 0.05) is 36.9 Å². The summed E-state index contributed by atoms with van der Waals surface area (Å²) >= 11 is 0. The minimum Gasteiger partial charge on any atom is -0.459 e. The van der Waals surface area contributed by atoms with Gasteiger partial charge in [-0.25, -0.2) is 9.59 Å². The van der Waals surface area contributed by atoms with Gasteiger partial charge in [0.15, 0.2) is 6.10 Å². The molecule has 12 heteroatoms. The average molecular weight is 842 g/mol. The molecule has 3 amide bonds. The molecule has 4 aromatic rings. The second kappa shape index (κ2) is 19.2. The van der Waals surface area contributed by atoms with E-state index in [2.05, 4.69) is 40.2 Å². The lowest BCUT2D eigenvalue weighted by Crippen LogP contribution is -2.51. The smallest absolute Gasteiger partial charge is 0.411 e. The number of carbonyl (C=O) groups is 5. The maximum absolute atomic E-state index is 13.8. The van der Waals surface area contributed by atoms with E-state index < -0.39 is 53.5 Å². The molecule has 62 heavy (non-hydrogen) atoms. The summed E-state index contributed by atoms with van der Waals surface area (Å²) in [5, 5.41) is 8.40. The molecule has 4 aromatic carbocycles. The predicted octanol–water partition coefficient (Wildman–Crippen LogP) is 7.82. The molecule has 1 fully saturated rings. The van der Waals surface area contributed by atoms with E-state index in [0.29, 0.717) is 11.3 Å². The molecule has 3 aliphatic rings. The minimum absolute atomic E-state index is 0.000908. The Morgan fingerprint density at radius 1 is 0.839 bits per heavy atom. The Hall–Kier alpha value is -6.27. The minimum atomic E-state index is -1.24. The zero-order valence-corrected chi connectivity index (χ0v) is 35.8. The predicted molar refractivity (Wildman–Crippen MR) is 234 cm³/mol. The van der Waals surface area contributed by atoms with Crippen molar-refractivity contribution in [1.82, 2.24) is 10.6 Å². The lowest BCUT2D eigenvalue weighted by atomic mass is 9.92. The Morgan fingerprint density at radius 3 is 2.15 bits per heavy atom. The average Bonchev–Trinajstić information content (AvgIpc) is 4.00. The van der Waals surface area contributed by atoms with Crippen LogP contribution in [0.15, 0.2) is 115 Å². The van der Waals surface area contributed by atoms with E-state index in [9.17, 15) is 24.0 Å². The van der Waals surface area contributed by atoms with Crippen LogP contribution in [0.1, 0.15) is 81.7 Å². The fraction of sp³-hybridized carbons (Fsp3) is 0.380. The van der Waals surface area contributed by atoms with Crippen LogP contribution in [0.3, 0.4) is 0 Å². The summed E-state index contributed by atoms with van der Waals surface area (Å²) in [6.45, 7) is 9.06. The summed E-state index contributed by atoms with van der Waals surface area (Å²) in [6.07, 6.45) is 0.576. The highest BCUT2D eigenvalue weighted by Crippen LogP contribution is 2.46. The van der Waals surface area contributed by atoms with Crippen molar-refractivity contribution < 1.29 is 42.9 Å². The lowest BCUT2D eigenvalue weighted by molar-refractivity contribution is -0.179. The summed E-state index contributed by atoms with van der Waals surface area (Å²) < 4.78 is 23.7. The molecule has 2 aliphatic heterocycles. The molecule has 0 radical (unpaired) electrons. The van der Waals surface area contributed by atoms with E-state index in [-0.39, 0.29) is 62.4 Å². The fourth-order valence-corrected chi connectivity index (χ4v) is 8.10. The molecule has 2 heterocycles. The van der Waals surface area contributed by atoms with Crippen LogP contribution >= 0.6 is 0 Å². The van der Waals surface area contributed by atoms with Crippen LogP contribution < -0.4 is 16.0 Å². The third-order valence-electron chi connectivity index (χ3n) is 11.7. The van der Waals surface area contributed by atoms with Crippen molar-refractivity contribution in [2.24, 2.45) is 17.3 Å². The third-order valence-corrected chi connectivity index (χ3v) is 11.7. The van der Waals surface area contributed by atoms with Gasteiger partial charge in [0.05, 0.1) is 11.5 Å². The number of benzene rings is 4. The van der Waals surface area contributed by atoms with Crippen molar-refractivity contribution in [3.05, 3.63) is 138 Å². The Balaban J connectivity index is 1.03. The monoisotopic (exact) mass is 841 g/mol. The first kappa shape index (κ1) is 43.8. The first-order valence-electron chi connectivity index (χ1n) is 21.3. The van der Waals surface area contributed by atoms with E-state index in [1.54, 1.807) is 44.2 Å². The molecule has 0 aromatic heterocycles. The molecule has 0 unspecified atom stereocenters.